The third kappa shape index (κ3) is 2.59. The Labute approximate surface area is 115 Å². The van der Waals surface area contributed by atoms with Crippen LogP contribution in [0.15, 0.2) is 22.6 Å². The molecule has 8 heteroatoms. The average Bonchev–Trinajstić information content (AvgIpc) is 3.09. The number of nitrogens with zero attached hydrogens (tertiary/aromatic N) is 6. The maximum absolute atomic E-state index is 5.67. The quantitative estimate of drug-likeness (QED) is 0.896. The lowest BCUT2D eigenvalue weighted by molar-refractivity contribution is 0.423. The molecule has 100 valence electrons. The van der Waals surface area contributed by atoms with Gasteiger partial charge in [0.15, 0.2) is 0 Å². The predicted octanol–water partition coefficient (Wildman–Crippen LogP) is 1.19. The minimum absolute atomic E-state index is 0.362. The Kier molecular flexibility index (Phi) is 3.69. The molecule has 0 amide bonds. The molecule has 1 fully saturated rings. The van der Waals surface area contributed by atoms with Crippen molar-refractivity contribution in [2.75, 3.05) is 0 Å². The van der Waals surface area contributed by atoms with Gasteiger partial charge < -0.3 is 5.73 Å². The highest BCUT2D eigenvalue weighted by Crippen LogP contribution is 2.33. The van der Waals surface area contributed by atoms with Gasteiger partial charge in [0.25, 0.3) is 0 Å². The second-order valence-electron chi connectivity index (χ2n) is 4.46. The van der Waals surface area contributed by atoms with E-state index in [9.17, 15) is 0 Å². The number of tetrazole rings is 1. The van der Waals surface area contributed by atoms with E-state index in [0.717, 1.165) is 28.7 Å². The third-order valence-corrected chi connectivity index (χ3v) is 4.24. The summed E-state index contributed by atoms with van der Waals surface area (Å²) < 4.78 is 1.91. The molecule has 0 radical (unpaired) electrons. The van der Waals surface area contributed by atoms with Crippen molar-refractivity contribution in [3.63, 3.8) is 0 Å². The fraction of sp³-hybridized carbons (Fsp3) is 0.545. The largest absolute Gasteiger partial charge is 0.325 e. The van der Waals surface area contributed by atoms with E-state index in [0.29, 0.717) is 12.6 Å². The van der Waals surface area contributed by atoms with Crippen LogP contribution in [0.4, 0.5) is 0 Å². The Morgan fingerprint density at radius 3 is 2.84 bits per heavy atom. The summed E-state index contributed by atoms with van der Waals surface area (Å²) in [5.41, 5.74) is 6.44. The van der Waals surface area contributed by atoms with Gasteiger partial charge in [-0.3, -0.25) is 4.98 Å². The minimum Gasteiger partial charge on any atom is -0.325 e. The van der Waals surface area contributed by atoms with E-state index in [1.54, 1.807) is 12.4 Å². The van der Waals surface area contributed by atoms with Crippen molar-refractivity contribution in [1.82, 2.24) is 30.2 Å². The molecule has 0 saturated heterocycles. The molecule has 0 atom stereocenters. The first-order valence-corrected chi connectivity index (χ1v) is 7.16. The zero-order valence-corrected chi connectivity index (χ0v) is 11.3. The number of hydrogen-bond donors (Lipinski definition) is 1. The fourth-order valence-electron chi connectivity index (χ4n) is 2.30. The van der Waals surface area contributed by atoms with Crippen LogP contribution in [0.2, 0.25) is 0 Å². The van der Waals surface area contributed by atoms with Gasteiger partial charge in [0.05, 0.1) is 11.7 Å². The summed E-state index contributed by atoms with van der Waals surface area (Å²) in [5.74, 6) is 0. The Balaban J connectivity index is 1.85. The molecule has 3 rings (SSSR count). The van der Waals surface area contributed by atoms with E-state index in [1.165, 1.54) is 24.6 Å². The molecule has 7 nitrogen and oxygen atoms in total. The number of nitrogens with two attached hydrogens (primary N) is 1. The van der Waals surface area contributed by atoms with Crippen LogP contribution < -0.4 is 5.73 Å². The SMILES string of the molecule is NCc1nccnc1Sc1nnnn1C1CCCC1. The van der Waals surface area contributed by atoms with E-state index >= 15 is 0 Å². The lowest BCUT2D eigenvalue weighted by Crippen LogP contribution is -2.09. The van der Waals surface area contributed by atoms with E-state index in [-0.39, 0.29) is 0 Å². The zero-order valence-electron chi connectivity index (χ0n) is 10.4. The molecule has 0 aromatic carbocycles. The van der Waals surface area contributed by atoms with Crippen LogP contribution >= 0.6 is 11.8 Å². The number of rotatable bonds is 4. The summed E-state index contributed by atoms with van der Waals surface area (Å²) in [6.07, 6.45) is 8.07. The number of aromatic nitrogens is 6. The van der Waals surface area contributed by atoms with Gasteiger partial charge in [0.1, 0.15) is 5.03 Å². The van der Waals surface area contributed by atoms with Crippen LogP contribution in [-0.2, 0) is 6.54 Å². The third-order valence-electron chi connectivity index (χ3n) is 3.25. The molecule has 2 aromatic rings. The van der Waals surface area contributed by atoms with Crippen molar-refractivity contribution in [3.05, 3.63) is 18.1 Å². The molecule has 1 saturated carbocycles. The summed E-state index contributed by atoms with van der Waals surface area (Å²) in [6, 6.07) is 0.412. The fourth-order valence-corrected chi connectivity index (χ4v) is 3.19. The maximum atomic E-state index is 5.67. The highest BCUT2D eigenvalue weighted by atomic mass is 32.2. The molecule has 19 heavy (non-hydrogen) atoms. The monoisotopic (exact) mass is 277 g/mol. The van der Waals surface area contributed by atoms with Gasteiger partial charge in [-0.25, -0.2) is 9.67 Å². The van der Waals surface area contributed by atoms with E-state index in [2.05, 4.69) is 25.5 Å². The highest BCUT2D eigenvalue weighted by molar-refractivity contribution is 7.99. The van der Waals surface area contributed by atoms with Crippen LogP contribution in [0, 0.1) is 0 Å². The standard InChI is InChI=1S/C11H15N7S/c12-7-9-10(14-6-5-13-9)19-11-15-16-17-18(11)8-3-1-2-4-8/h5-6,8H,1-4,7,12H2. The molecule has 1 aliphatic carbocycles. The molecule has 2 N–H and O–H groups in total. The second kappa shape index (κ2) is 5.62. The molecule has 0 bridgehead atoms. The normalized spacial score (nSPS) is 16.1. The van der Waals surface area contributed by atoms with E-state index in [1.807, 2.05) is 4.68 Å². The van der Waals surface area contributed by atoms with Gasteiger partial charge in [-0.15, -0.1) is 5.10 Å². The van der Waals surface area contributed by atoms with Crippen LogP contribution in [0.3, 0.4) is 0 Å². The molecule has 0 unspecified atom stereocenters. The molecule has 2 heterocycles. The molecule has 0 aliphatic heterocycles. The van der Waals surface area contributed by atoms with Crippen molar-refractivity contribution < 1.29 is 0 Å². The minimum atomic E-state index is 0.362. The van der Waals surface area contributed by atoms with Crippen molar-refractivity contribution in [1.29, 1.82) is 0 Å². The van der Waals surface area contributed by atoms with Crippen LogP contribution in [-0.4, -0.2) is 30.2 Å². The first-order valence-electron chi connectivity index (χ1n) is 6.34. The predicted molar refractivity (Wildman–Crippen MR) is 69.4 cm³/mol. The summed E-state index contributed by atoms with van der Waals surface area (Å²) in [6.45, 7) is 0.362. The summed E-state index contributed by atoms with van der Waals surface area (Å²) in [5, 5.41) is 13.5. The molecular weight excluding hydrogens is 262 g/mol. The molecule has 0 spiro atoms. The Morgan fingerprint density at radius 1 is 1.26 bits per heavy atom. The van der Waals surface area contributed by atoms with Gasteiger partial charge in [0.2, 0.25) is 5.16 Å². The van der Waals surface area contributed by atoms with Gasteiger partial charge in [-0.2, -0.15) is 0 Å². The Morgan fingerprint density at radius 2 is 2.05 bits per heavy atom. The Bertz CT molecular complexity index is 549. The lowest BCUT2D eigenvalue weighted by atomic mass is 10.3. The average molecular weight is 277 g/mol. The van der Waals surface area contributed by atoms with Gasteiger partial charge >= 0.3 is 0 Å². The van der Waals surface area contributed by atoms with Crippen LogP contribution in [0.1, 0.15) is 37.4 Å². The Hall–Kier alpha value is -1.54. The van der Waals surface area contributed by atoms with Crippen molar-refractivity contribution >= 4 is 11.8 Å². The first kappa shape index (κ1) is 12.5. The topological polar surface area (TPSA) is 95.4 Å². The van der Waals surface area contributed by atoms with Crippen molar-refractivity contribution in [2.24, 2.45) is 5.73 Å². The smallest absolute Gasteiger partial charge is 0.215 e. The summed E-state index contributed by atoms with van der Waals surface area (Å²) in [7, 11) is 0. The van der Waals surface area contributed by atoms with E-state index in [4.69, 9.17) is 5.73 Å². The first-order chi connectivity index (χ1) is 9.38. The summed E-state index contributed by atoms with van der Waals surface area (Å²) in [4.78, 5) is 8.52. The maximum Gasteiger partial charge on any atom is 0.215 e. The van der Waals surface area contributed by atoms with Crippen molar-refractivity contribution in [3.8, 4) is 0 Å². The molecule has 2 aromatic heterocycles. The van der Waals surface area contributed by atoms with Crippen LogP contribution in [0.5, 0.6) is 0 Å². The highest BCUT2D eigenvalue weighted by Gasteiger charge is 2.22. The van der Waals surface area contributed by atoms with Crippen molar-refractivity contribution in [2.45, 2.75) is 48.5 Å². The molecule has 1 aliphatic rings. The number of hydrogen-bond acceptors (Lipinski definition) is 7. The van der Waals surface area contributed by atoms with E-state index < -0.39 is 0 Å². The van der Waals surface area contributed by atoms with Gasteiger partial charge in [-0.05, 0) is 35.0 Å². The lowest BCUT2D eigenvalue weighted by Gasteiger charge is -2.11. The van der Waals surface area contributed by atoms with Crippen LogP contribution in [0.25, 0.3) is 0 Å². The molecular formula is C11H15N7S. The zero-order chi connectivity index (χ0) is 13.1. The van der Waals surface area contributed by atoms with Gasteiger partial charge in [0, 0.05) is 18.9 Å². The second-order valence-corrected chi connectivity index (χ2v) is 5.41. The van der Waals surface area contributed by atoms with Gasteiger partial charge in [-0.1, -0.05) is 12.8 Å². The summed E-state index contributed by atoms with van der Waals surface area (Å²) >= 11 is 1.43.